The molecule has 1 heterocycles. The predicted molar refractivity (Wildman–Crippen MR) is 68.6 cm³/mol. The molecule has 0 amide bonds. The molecule has 0 atom stereocenters. The number of rotatable bonds is 0. The average molecular weight is 303 g/mol. The summed E-state index contributed by atoms with van der Waals surface area (Å²) < 4.78 is 4.94. The Hall–Kier alpha value is -0.0938. The molecule has 2 aromatic rings. The van der Waals surface area contributed by atoms with Gasteiger partial charge in [0.1, 0.15) is 0 Å². The van der Waals surface area contributed by atoms with Gasteiger partial charge in [-0.3, -0.25) is 0 Å². The van der Waals surface area contributed by atoms with Gasteiger partial charge in [0.2, 0.25) is 0 Å². The summed E-state index contributed by atoms with van der Waals surface area (Å²) in [7, 11) is 0. The van der Waals surface area contributed by atoms with Gasteiger partial charge in [-0.15, -0.1) is 47.2 Å². The van der Waals surface area contributed by atoms with Gasteiger partial charge in [0.25, 0.3) is 0 Å². The Labute approximate surface area is 129 Å². The maximum atomic E-state index is 4.94. The van der Waals surface area contributed by atoms with E-state index in [4.69, 9.17) is 4.74 Å². The van der Waals surface area contributed by atoms with E-state index in [-0.39, 0.29) is 40.0 Å². The van der Waals surface area contributed by atoms with E-state index in [9.17, 15) is 0 Å². The van der Waals surface area contributed by atoms with Gasteiger partial charge in [0, 0.05) is 13.2 Å². The quantitative estimate of drug-likeness (QED) is 0.494. The monoisotopic (exact) mass is 302 g/mol. The standard InChI is InChI=1S/C10H7.C4H8O.BrH.Mg/c1-2-6-10-8-4-3-7-9(10)5-1;1-2-4-5-3-1;;/h1-7H;1-4H2;1H;/q-1;;;+2/p-1. The molecule has 1 aliphatic heterocycles. The first kappa shape index (κ1) is 16.9. The summed E-state index contributed by atoms with van der Waals surface area (Å²) in [6.45, 7) is 2.00. The second-order valence-corrected chi connectivity index (χ2v) is 3.58. The molecule has 0 spiro atoms. The summed E-state index contributed by atoms with van der Waals surface area (Å²) in [5.41, 5.74) is 0. The van der Waals surface area contributed by atoms with Gasteiger partial charge in [0.05, 0.1) is 0 Å². The van der Waals surface area contributed by atoms with Crippen LogP contribution in [0.5, 0.6) is 0 Å². The SMILES string of the molecule is C1CCOC1.[Br-].[Mg+2].[c-]1cccc2ccccc12. The Bertz CT molecular complexity index is 343. The maximum Gasteiger partial charge on any atom is 2.00 e. The van der Waals surface area contributed by atoms with Crippen LogP contribution < -0.4 is 17.0 Å². The molecule has 0 aromatic heterocycles. The Morgan fingerprint density at radius 3 is 2.18 bits per heavy atom. The molecular weight excluding hydrogens is 288 g/mol. The number of benzene rings is 2. The van der Waals surface area contributed by atoms with Crippen molar-refractivity contribution in [2.24, 2.45) is 0 Å². The van der Waals surface area contributed by atoms with Crippen LogP contribution in [0.15, 0.2) is 42.5 Å². The molecule has 0 unspecified atom stereocenters. The molecule has 3 heteroatoms. The number of hydrogen-bond donors (Lipinski definition) is 0. The molecule has 0 N–H and O–H groups in total. The molecule has 0 saturated carbocycles. The minimum atomic E-state index is 0. The van der Waals surface area contributed by atoms with Crippen LogP contribution in [0.4, 0.5) is 0 Å². The zero-order valence-electron chi connectivity index (χ0n) is 9.86. The number of halogens is 1. The van der Waals surface area contributed by atoms with Gasteiger partial charge in [-0.25, -0.2) is 0 Å². The fraction of sp³-hybridized carbons (Fsp3) is 0.286. The molecule has 1 fully saturated rings. The normalized spacial score (nSPS) is 12.9. The van der Waals surface area contributed by atoms with Gasteiger partial charge < -0.3 is 21.7 Å². The summed E-state index contributed by atoms with van der Waals surface area (Å²) in [6.07, 6.45) is 2.56. The summed E-state index contributed by atoms with van der Waals surface area (Å²) in [4.78, 5) is 0. The molecule has 0 aliphatic carbocycles. The molecular formula is C14H15BrMgO. The molecule has 17 heavy (non-hydrogen) atoms. The molecule has 2 aromatic carbocycles. The van der Waals surface area contributed by atoms with E-state index in [0.29, 0.717) is 0 Å². The van der Waals surface area contributed by atoms with Crippen molar-refractivity contribution in [2.75, 3.05) is 13.2 Å². The third kappa shape index (κ3) is 5.86. The van der Waals surface area contributed by atoms with E-state index < -0.39 is 0 Å². The van der Waals surface area contributed by atoms with Crippen LogP contribution in [0.3, 0.4) is 0 Å². The smallest absolute Gasteiger partial charge is 1.00 e. The Morgan fingerprint density at radius 2 is 1.59 bits per heavy atom. The first-order valence-electron chi connectivity index (χ1n) is 5.40. The summed E-state index contributed by atoms with van der Waals surface area (Å²) >= 11 is 0. The van der Waals surface area contributed by atoms with Crippen molar-refractivity contribution in [1.29, 1.82) is 0 Å². The molecule has 3 rings (SSSR count). The Balaban J connectivity index is 0.000000318. The number of fused-ring (bicyclic) bond motifs is 1. The van der Waals surface area contributed by atoms with E-state index in [0.717, 1.165) is 13.2 Å². The number of ether oxygens (including phenoxy) is 1. The van der Waals surface area contributed by atoms with E-state index in [1.807, 2.05) is 24.3 Å². The van der Waals surface area contributed by atoms with Crippen LogP contribution in [0.25, 0.3) is 10.8 Å². The summed E-state index contributed by atoms with van der Waals surface area (Å²) in [5.74, 6) is 0. The molecule has 0 bridgehead atoms. The van der Waals surface area contributed by atoms with E-state index in [2.05, 4.69) is 24.3 Å². The molecule has 1 aliphatic rings. The van der Waals surface area contributed by atoms with Gasteiger partial charge in [-0.05, 0) is 12.8 Å². The second-order valence-electron chi connectivity index (χ2n) is 3.58. The fourth-order valence-corrected chi connectivity index (χ4v) is 1.57. The van der Waals surface area contributed by atoms with Crippen LogP contribution in [0.1, 0.15) is 12.8 Å². The van der Waals surface area contributed by atoms with Crippen molar-refractivity contribution in [3.8, 4) is 0 Å². The molecule has 1 nitrogen and oxygen atoms in total. The molecule has 1 saturated heterocycles. The third-order valence-corrected chi connectivity index (χ3v) is 2.40. The van der Waals surface area contributed by atoms with E-state index in [1.54, 1.807) is 0 Å². The van der Waals surface area contributed by atoms with Crippen LogP contribution in [0.2, 0.25) is 0 Å². The third-order valence-electron chi connectivity index (χ3n) is 2.40. The fourth-order valence-electron chi connectivity index (χ4n) is 1.57. The van der Waals surface area contributed by atoms with Crippen LogP contribution >= 0.6 is 0 Å². The molecule has 0 radical (unpaired) electrons. The van der Waals surface area contributed by atoms with Crippen molar-refractivity contribution >= 4 is 33.8 Å². The van der Waals surface area contributed by atoms with Crippen LogP contribution in [0, 0.1) is 6.07 Å². The van der Waals surface area contributed by atoms with Crippen molar-refractivity contribution in [3.05, 3.63) is 48.5 Å². The first-order chi connectivity index (χ1) is 7.47. The van der Waals surface area contributed by atoms with Crippen molar-refractivity contribution in [2.45, 2.75) is 12.8 Å². The minimum Gasteiger partial charge on any atom is -1.00 e. The maximum absolute atomic E-state index is 4.94. The average Bonchev–Trinajstić information content (AvgIpc) is 2.88. The van der Waals surface area contributed by atoms with Gasteiger partial charge in [-0.1, -0.05) is 12.1 Å². The minimum absolute atomic E-state index is 0. The Kier molecular flexibility index (Phi) is 9.83. The zero-order valence-corrected chi connectivity index (χ0v) is 12.9. The zero-order chi connectivity index (χ0) is 10.3. The van der Waals surface area contributed by atoms with Gasteiger partial charge >= 0.3 is 23.1 Å². The predicted octanol–water partition coefficient (Wildman–Crippen LogP) is 0.0600. The van der Waals surface area contributed by atoms with Gasteiger partial charge in [-0.2, -0.15) is 0 Å². The van der Waals surface area contributed by atoms with Crippen LogP contribution in [-0.4, -0.2) is 36.3 Å². The summed E-state index contributed by atoms with van der Waals surface area (Å²) in [5, 5.41) is 2.44. The first-order valence-corrected chi connectivity index (χ1v) is 5.40. The largest absolute Gasteiger partial charge is 2.00 e. The van der Waals surface area contributed by atoms with Crippen LogP contribution in [-0.2, 0) is 4.74 Å². The molecule has 86 valence electrons. The second kappa shape index (κ2) is 9.89. The topological polar surface area (TPSA) is 9.23 Å². The number of hydrogen-bond acceptors (Lipinski definition) is 1. The van der Waals surface area contributed by atoms with Crippen molar-refractivity contribution in [1.82, 2.24) is 0 Å². The van der Waals surface area contributed by atoms with E-state index >= 15 is 0 Å². The Morgan fingerprint density at radius 1 is 0.941 bits per heavy atom. The van der Waals surface area contributed by atoms with Crippen molar-refractivity contribution < 1.29 is 21.7 Å². The van der Waals surface area contributed by atoms with Gasteiger partial charge in [0.15, 0.2) is 0 Å². The van der Waals surface area contributed by atoms with E-state index in [1.165, 1.54) is 23.6 Å². The summed E-state index contributed by atoms with van der Waals surface area (Å²) in [6, 6.07) is 17.4. The van der Waals surface area contributed by atoms with Crippen molar-refractivity contribution in [3.63, 3.8) is 0 Å².